The summed E-state index contributed by atoms with van der Waals surface area (Å²) in [5, 5.41) is 19.8. The van der Waals surface area contributed by atoms with E-state index < -0.39 is 18.4 Å². The zero-order chi connectivity index (χ0) is 15.0. The summed E-state index contributed by atoms with van der Waals surface area (Å²) in [7, 11) is 0. The fraction of sp³-hybridized carbons (Fsp3) is 0.429. The van der Waals surface area contributed by atoms with Crippen LogP contribution in [0.25, 0.3) is 11.0 Å². The SMILES string of the molecule is C#CCc1cn([C@H]2C[C@H](O)[C@@H](CO)O2)c2ncnc(N)c12. The molecule has 1 aliphatic rings. The van der Waals surface area contributed by atoms with E-state index in [4.69, 9.17) is 16.9 Å². The first-order valence-electron chi connectivity index (χ1n) is 6.63. The van der Waals surface area contributed by atoms with Gasteiger partial charge in [-0.2, -0.15) is 0 Å². The number of hydrogen-bond acceptors (Lipinski definition) is 6. The van der Waals surface area contributed by atoms with Crippen molar-refractivity contribution in [2.24, 2.45) is 0 Å². The predicted molar refractivity (Wildman–Crippen MR) is 76.1 cm³/mol. The first-order chi connectivity index (χ1) is 10.2. The van der Waals surface area contributed by atoms with Gasteiger partial charge in [0.25, 0.3) is 0 Å². The highest BCUT2D eigenvalue weighted by molar-refractivity contribution is 5.90. The van der Waals surface area contributed by atoms with Gasteiger partial charge in [0.05, 0.1) is 18.1 Å². The Kier molecular flexibility index (Phi) is 3.51. The van der Waals surface area contributed by atoms with E-state index in [0.29, 0.717) is 29.7 Å². The minimum Gasteiger partial charge on any atom is -0.394 e. The lowest BCUT2D eigenvalue weighted by atomic mass is 10.2. The molecule has 2 aromatic rings. The van der Waals surface area contributed by atoms with E-state index in [0.717, 1.165) is 5.56 Å². The van der Waals surface area contributed by atoms with Gasteiger partial charge in [0.2, 0.25) is 0 Å². The number of aliphatic hydroxyl groups excluding tert-OH is 2. The second kappa shape index (κ2) is 5.33. The molecule has 21 heavy (non-hydrogen) atoms. The number of nitrogens with two attached hydrogens (primary N) is 1. The van der Waals surface area contributed by atoms with Gasteiger partial charge in [0.1, 0.15) is 30.1 Å². The second-order valence-electron chi connectivity index (χ2n) is 5.01. The third-order valence-corrected chi connectivity index (χ3v) is 3.70. The van der Waals surface area contributed by atoms with Crippen LogP contribution < -0.4 is 5.73 Å². The fourth-order valence-electron chi connectivity index (χ4n) is 2.70. The summed E-state index contributed by atoms with van der Waals surface area (Å²) in [5.41, 5.74) is 7.37. The number of fused-ring (bicyclic) bond motifs is 1. The number of aliphatic hydroxyl groups is 2. The van der Waals surface area contributed by atoms with Crippen molar-refractivity contribution in [3.63, 3.8) is 0 Å². The summed E-state index contributed by atoms with van der Waals surface area (Å²) >= 11 is 0. The lowest BCUT2D eigenvalue weighted by molar-refractivity contribution is -0.0430. The summed E-state index contributed by atoms with van der Waals surface area (Å²) in [6.07, 6.45) is 7.63. The molecule has 7 nitrogen and oxygen atoms in total. The Morgan fingerprint density at radius 2 is 2.33 bits per heavy atom. The first kappa shape index (κ1) is 13.8. The van der Waals surface area contributed by atoms with Crippen LogP contribution in [0.1, 0.15) is 18.2 Å². The molecule has 4 N–H and O–H groups in total. The Bertz CT molecular complexity index is 706. The lowest BCUT2D eigenvalue weighted by Crippen LogP contribution is -2.24. The fourth-order valence-corrected chi connectivity index (χ4v) is 2.70. The van der Waals surface area contributed by atoms with Gasteiger partial charge < -0.3 is 25.3 Å². The average molecular weight is 288 g/mol. The molecule has 0 saturated carbocycles. The summed E-state index contributed by atoms with van der Waals surface area (Å²) in [5.74, 6) is 2.94. The van der Waals surface area contributed by atoms with Crippen molar-refractivity contribution in [2.45, 2.75) is 31.3 Å². The molecule has 3 atom stereocenters. The van der Waals surface area contributed by atoms with E-state index in [1.165, 1.54) is 6.33 Å². The molecule has 1 saturated heterocycles. The Morgan fingerprint density at radius 3 is 3.00 bits per heavy atom. The van der Waals surface area contributed by atoms with Gasteiger partial charge >= 0.3 is 0 Å². The zero-order valence-corrected chi connectivity index (χ0v) is 11.3. The van der Waals surface area contributed by atoms with Crippen molar-refractivity contribution < 1.29 is 14.9 Å². The molecule has 3 heterocycles. The minimum absolute atomic E-state index is 0.231. The average Bonchev–Trinajstić information content (AvgIpc) is 3.01. The molecule has 0 amide bonds. The number of rotatable bonds is 3. The van der Waals surface area contributed by atoms with E-state index in [-0.39, 0.29) is 6.61 Å². The van der Waals surface area contributed by atoms with E-state index >= 15 is 0 Å². The molecule has 0 aromatic carbocycles. The predicted octanol–water partition coefficient (Wildman–Crippen LogP) is -0.170. The standard InChI is InChI=1S/C14H16N4O3/c1-2-3-8-5-18(11-4-9(20)10(6-19)21-11)14-12(8)13(15)16-7-17-14/h1,5,7,9-11,19-20H,3-4,6H2,(H2,15,16,17)/t9-,10+,11+/m0/s1. The highest BCUT2D eigenvalue weighted by Gasteiger charge is 2.35. The smallest absolute Gasteiger partial charge is 0.147 e. The normalized spacial score (nSPS) is 25.3. The first-order valence-corrected chi connectivity index (χ1v) is 6.63. The van der Waals surface area contributed by atoms with E-state index in [2.05, 4.69) is 15.9 Å². The van der Waals surface area contributed by atoms with E-state index in [1.807, 2.05) is 6.20 Å². The van der Waals surface area contributed by atoms with Crippen LogP contribution in [0.3, 0.4) is 0 Å². The van der Waals surface area contributed by atoms with Crippen molar-refractivity contribution in [1.82, 2.24) is 14.5 Å². The molecule has 1 aliphatic heterocycles. The topological polar surface area (TPSA) is 106 Å². The van der Waals surface area contributed by atoms with Gasteiger partial charge in [-0.15, -0.1) is 12.3 Å². The number of terminal acetylenes is 1. The van der Waals surface area contributed by atoms with Crippen molar-refractivity contribution in [2.75, 3.05) is 12.3 Å². The van der Waals surface area contributed by atoms with Crippen molar-refractivity contribution in [1.29, 1.82) is 0 Å². The molecular formula is C14H16N4O3. The zero-order valence-electron chi connectivity index (χ0n) is 11.3. The van der Waals surface area contributed by atoms with Crippen LogP contribution in [0.2, 0.25) is 0 Å². The summed E-state index contributed by atoms with van der Waals surface area (Å²) in [6, 6.07) is 0. The van der Waals surface area contributed by atoms with Crippen LogP contribution >= 0.6 is 0 Å². The highest BCUT2D eigenvalue weighted by Crippen LogP contribution is 2.34. The Hall–Kier alpha value is -2.14. The molecule has 7 heteroatoms. The third kappa shape index (κ3) is 2.23. The van der Waals surface area contributed by atoms with Gasteiger partial charge in [0, 0.05) is 19.0 Å². The quantitative estimate of drug-likeness (QED) is 0.677. The minimum atomic E-state index is -0.715. The van der Waals surface area contributed by atoms with Crippen LogP contribution in [0.5, 0.6) is 0 Å². The Labute approximate surface area is 121 Å². The summed E-state index contributed by atoms with van der Waals surface area (Å²) in [6.45, 7) is -0.231. The molecule has 0 bridgehead atoms. The van der Waals surface area contributed by atoms with Gasteiger partial charge in [-0.1, -0.05) is 0 Å². The monoisotopic (exact) mass is 288 g/mol. The Balaban J connectivity index is 2.08. The number of anilines is 1. The van der Waals surface area contributed by atoms with Crippen molar-refractivity contribution >= 4 is 16.9 Å². The van der Waals surface area contributed by atoms with E-state index in [9.17, 15) is 10.2 Å². The van der Waals surface area contributed by atoms with Gasteiger partial charge in [-0.3, -0.25) is 0 Å². The van der Waals surface area contributed by atoms with Crippen LogP contribution in [0.4, 0.5) is 5.82 Å². The number of aromatic nitrogens is 3. The van der Waals surface area contributed by atoms with Crippen molar-refractivity contribution in [3.8, 4) is 12.3 Å². The third-order valence-electron chi connectivity index (χ3n) is 3.70. The molecule has 110 valence electrons. The summed E-state index contributed by atoms with van der Waals surface area (Å²) < 4.78 is 7.45. The maximum absolute atomic E-state index is 9.87. The Morgan fingerprint density at radius 1 is 1.52 bits per heavy atom. The maximum atomic E-state index is 9.87. The molecule has 1 fully saturated rings. The van der Waals surface area contributed by atoms with Crippen LogP contribution in [-0.2, 0) is 11.2 Å². The maximum Gasteiger partial charge on any atom is 0.147 e. The molecule has 0 aliphatic carbocycles. The van der Waals surface area contributed by atoms with Crippen molar-refractivity contribution in [3.05, 3.63) is 18.1 Å². The molecule has 2 aromatic heterocycles. The van der Waals surface area contributed by atoms with Crippen LogP contribution in [-0.4, -0.2) is 43.6 Å². The number of ether oxygens (including phenoxy) is 1. The van der Waals surface area contributed by atoms with Crippen LogP contribution in [0, 0.1) is 12.3 Å². The number of hydrogen-bond donors (Lipinski definition) is 3. The highest BCUT2D eigenvalue weighted by atomic mass is 16.5. The van der Waals surface area contributed by atoms with Crippen LogP contribution in [0.15, 0.2) is 12.5 Å². The largest absolute Gasteiger partial charge is 0.394 e. The molecule has 0 spiro atoms. The van der Waals surface area contributed by atoms with Gasteiger partial charge in [-0.05, 0) is 5.56 Å². The van der Waals surface area contributed by atoms with Gasteiger partial charge in [0.15, 0.2) is 0 Å². The molecular weight excluding hydrogens is 272 g/mol. The molecule has 3 rings (SSSR count). The van der Waals surface area contributed by atoms with E-state index in [1.54, 1.807) is 4.57 Å². The number of nitrogens with zero attached hydrogens (tertiary/aromatic N) is 3. The lowest BCUT2D eigenvalue weighted by Gasteiger charge is -2.14. The molecule has 0 radical (unpaired) electrons. The number of nitrogen functional groups attached to an aromatic ring is 1. The second-order valence-corrected chi connectivity index (χ2v) is 5.01. The van der Waals surface area contributed by atoms with Gasteiger partial charge in [-0.25, -0.2) is 9.97 Å². The molecule has 0 unspecified atom stereocenters. The summed E-state index contributed by atoms with van der Waals surface area (Å²) in [4.78, 5) is 8.24.